The predicted octanol–water partition coefficient (Wildman–Crippen LogP) is 3.04. The quantitative estimate of drug-likeness (QED) is 0.754. The first-order valence-corrected chi connectivity index (χ1v) is 5.74. The second kappa shape index (κ2) is 3.42. The zero-order chi connectivity index (χ0) is 11.3. The molecule has 0 amide bonds. The number of hydrogen-bond donors (Lipinski definition) is 0. The van der Waals surface area contributed by atoms with Gasteiger partial charge in [-0.15, -0.1) is 0 Å². The Morgan fingerprint density at radius 3 is 3.00 bits per heavy atom. The molecule has 84 valence electrons. The van der Waals surface area contributed by atoms with Gasteiger partial charge in [-0.25, -0.2) is 13.9 Å². The average Bonchev–Trinajstić information content (AvgIpc) is 3.04. The molecule has 2 aromatic heterocycles. The van der Waals surface area contributed by atoms with Crippen molar-refractivity contribution in [3.63, 3.8) is 0 Å². The third kappa shape index (κ3) is 1.48. The second-order valence-electron chi connectivity index (χ2n) is 4.36. The van der Waals surface area contributed by atoms with Gasteiger partial charge in [-0.2, -0.15) is 5.10 Å². The molecule has 0 spiro atoms. The molecular weight excluding hydrogens is 229 g/mol. The number of rotatable bonds is 2. The van der Waals surface area contributed by atoms with Crippen molar-refractivity contribution < 1.29 is 4.39 Å². The molecule has 0 aliphatic heterocycles. The minimum absolute atomic E-state index is 0.218. The van der Waals surface area contributed by atoms with Gasteiger partial charge in [-0.3, -0.25) is 0 Å². The Morgan fingerprint density at radius 2 is 2.31 bits per heavy atom. The van der Waals surface area contributed by atoms with E-state index >= 15 is 0 Å². The summed E-state index contributed by atoms with van der Waals surface area (Å²) in [5.74, 6) is 0.598. The Balaban J connectivity index is 2.15. The molecule has 1 aliphatic carbocycles. The molecule has 1 saturated carbocycles. The topological polar surface area (TPSA) is 30.2 Å². The van der Waals surface area contributed by atoms with Crippen molar-refractivity contribution in [2.75, 3.05) is 0 Å². The van der Waals surface area contributed by atoms with E-state index in [2.05, 4.69) is 17.0 Å². The van der Waals surface area contributed by atoms with Crippen molar-refractivity contribution in [3.05, 3.63) is 28.9 Å². The number of halogens is 2. The summed E-state index contributed by atoms with van der Waals surface area (Å²) in [6.07, 6.45) is 3.60. The molecule has 3 nitrogen and oxygen atoms in total. The maximum absolute atomic E-state index is 13.4. The molecule has 0 saturated heterocycles. The van der Waals surface area contributed by atoms with Gasteiger partial charge in [0.05, 0.1) is 6.20 Å². The molecule has 1 aliphatic rings. The van der Waals surface area contributed by atoms with Crippen molar-refractivity contribution in [3.8, 4) is 0 Å². The Kier molecular flexibility index (Phi) is 2.14. The first kappa shape index (κ1) is 10.0. The number of nitrogens with zero attached hydrogens (tertiary/aromatic N) is 3. The molecular formula is C11H11ClFN3. The van der Waals surface area contributed by atoms with E-state index in [1.165, 1.54) is 17.4 Å². The van der Waals surface area contributed by atoms with E-state index in [1.807, 2.05) is 0 Å². The van der Waals surface area contributed by atoms with Gasteiger partial charge in [0.25, 0.3) is 0 Å². The first-order valence-electron chi connectivity index (χ1n) is 5.36. The van der Waals surface area contributed by atoms with Crippen LogP contribution in [-0.2, 0) is 0 Å². The van der Waals surface area contributed by atoms with Gasteiger partial charge in [0.2, 0.25) is 0 Å². The molecule has 2 heterocycles. The monoisotopic (exact) mass is 239 g/mol. The molecule has 2 aromatic rings. The van der Waals surface area contributed by atoms with Crippen LogP contribution in [0.4, 0.5) is 4.39 Å². The van der Waals surface area contributed by atoms with Crippen LogP contribution in [0.1, 0.15) is 31.4 Å². The fraction of sp³-hybridized carbons (Fsp3) is 0.455. The Morgan fingerprint density at radius 1 is 1.56 bits per heavy atom. The van der Waals surface area contributed by atoms with E-state index in [9.17, 15) is 4.39 Å². The highest BCUT2D eigenvalue weighted by Crippen LogP contribution is 2.42. The van der Waals surface area contributed by atoms with Crippen LogP contribution in [0.5, 0.6) is 0 Å². The zero-order valence-electron chi connectivity index (χ0n) is 8.82. The van der Waals surface area contributed by atoms with Crippen LogP contribution in [0.2, 0.25) is 5.15 Å². The summed E-state index contributed by atoms with van der Waals surface area (Å²) < 4.78 is 14.7. The molecule has 1 atom stereocenters. The molecule has 3 rings (SSSR count). The summed E-state index contributed by atoms with van der Waals surface area (Å²) >= 11 is 6.04. The molecule has 5 heteroatoms. The highest BCUT2D eigenvalue weighted by molar-refractivity contribution is 6.29. The summed E-state index contributed by atoms with van der Waals surface area (Å²) in [6, 6.07) is 1.78. The minimum Gasteiger partial charge on any atom is -0.231 e. The maximum Gasteiger partial charge on any atom is 0.193 e. The van der Waals surface area contributed by atoms with Crippen molar-refractivity contribution in [1.29, 1.82) is 0 Å². The Labute approximate surface area is 97.2 Å². The Hall–Kier alpha value is -1.16. The Bertz CT molecular complexity index is 547. The van der Waals surface area contributed by atoms with Gasteiger partial charge in [-0.1, -0.05) is 18.5 Å². The molecule has 1 fully saturated rings. The first-order chi connectivity index (χ1) is 7.66. The van der Waals surface area contributed by atoms with E-state index < -0.39 is 5.82 Å². The van der Waals surface area contributed by atoms with Gasteiger partial charge in [0.1, 0.15) is 5.15 Å². The third-order valence-corrected chi connectivity index (χ3v) is 3.47. The lowest BCUT2D eigenvalue weighted by Gasteiger charge is -2.10. The van der Waals surface area contributed by atoms with Gasteiger partial charge in [0.15, 0.2) is 11.5 Å². The third-order valence-electron chi connectivity index (χ3n) is 3.20. The summed E-state index contributed by atoms with van der Waals surface area (Å²) in [7, 11) is 0. The van der Waals surface area contributed by atoms with Gasteiger partial charge in [-0.05, 0) is 24.8 Å². The maximum atomic E-state index is 13.4. The highest BCUT2D eigenvalue weighted by atomic mass is 35.5. The minimum atomic E-state index is -0.424. The van der Waals surface area contributed by atoms with Crippen LogP contribution in [0.25, 0.3) is 5.65 Å². The van der Waals surface area contributed by atoms with Crippen molar-refractivity contribution in [1.82, 2.24) is 14.6 Å². The van der Waals surface area contributed by atoms with Crippen molar-refractivity contribution >= 4 is 17.2 Å². The van der Waals surface area contributed by atoms with Gasteiger partial charge < -0.3 is 0 Å². The lowest BCUT2D eigenvalue weighted by Crippen LogP contribution is -2.03. The number of fused-ring (bicyclic) bond motifs is 1. The van der Waals surface area contributed by atoms with E-state index in [-0.39, 0.29) is 5.65 Å². The highest BCUT2D eigenvalue weighted by Gasteiger charge is 2.30. The van der Waals surface area contributed by atoms with Crippen LogP contribution in [0, 0.1) is 11.7 Å². The molecule has 1 unspecified atom stereocenters. The van der Waals surface area contributed by atoms with Crippen LogP contribution in [0.3, 0.4) is 0 Å². The summed E-state index contributed by atoms with van der Waals surface area (Å²) in [6.45, 7) is 2.11. The lowest BCUT2D eigenvalue weighted by atomic mass is 10.0. The fourth-order valence-electron chi connectivity index (χ4n) is 1.99. The SMILES string of the molecule is CC(c1cc(Cl)n2ncc(F)c2n1)C1CC1. The largest absolute Gasteiger partial charge is 0.231 e. The van der Waals surface area contributed by atoms with E-state index in [1.54, 1.807) is 6.07 Å². The zero-order valence-corrected chi connectivity index (χ0v) is 9.58. The van der Waals surface area contributed by atoms with Crippen molar-refractivity contribution in [2.24, 2.45) is 5.92 Å². The number of aromatic nitrogens is 3. The summed E-state index contributed by atoms with van der Waals surface area (Å²) in [4.78, 5) is 4.30. The second-order valence-corrected chi connectivity index (χ2v) is 4.75. The van der Waals surface area contributed by atoms with E-state index in [0.29, 0.717) is 17.0 Å². The van der Waals surface area contributed by atoms with Gasteiger partial charge in [0, 0.05) is 11.6 Å². The van der Waals surface area contributed by atoms with Crippen molar-refractivity contribution in [2.45, 2.75) is 25.7 Å². The smallest absolute Gasteiger partial charge is 0.193 e. The molecule has 0 N–H and O–H groups in total. The summed E-state index contributed by atoms with van der Waals surface area (Å²) in [5.41, 5.74) is 1.08. The van der Waals surface area contributed by atoms with Crippen LogP contribution < -0.4 is 0 Å². The van der Waals surface area contributed by atoms with Crippen LogP contribution in [0.15, 0.2) is 12.3 Å². The molecule has 0 radical (unpaired) electrons. The van der Waals surface area contributed by atoms with E-state index in [4.69, 9.17) is 11.6 Å². The molecule has 0 bridgehead atoms. The average molecular weight is 240 g/mol. The van der Waals surface area contributed by atoms with Gasteiger partial charge >= 0.3 is 0 Å². The lowest BCUT2D eigenvalue weighted by molar-refractivity contribution is 0.624. The molecule has 16 heavy (non-hydrogen) atoms. The fourth-order valence-corrected chi connectivity index (χ4v) is 2.22. The standard InChI is InChI=1S/C11H11ClFN3/c1-6(7-2-3-7)9-4-10(12)16-11(15-9)8(13)5-14-16/h4-7H,2-3H2,1H3. The predicted molar refractivity (Wildman–Crippen MR) is 59.1 cm³/mol. The molecule has 0 aromatic carbocycles. The van der Waals surface area contributed by atoms with Crippen LogP contribution >= 0.6 is 11.6 Å². The van der Waals surface area contributed by atoms with E-state index in [0.717, 1.165) is 11.9 Å². The summed E-state index contributed by atoms with van der Waals surface area (Å²) in [5, 5.41) is 4.24. The van der Waals surface area contributed by atoms with Crippen LogP contribution in [-0.4, -0.2) is 14.6 Å². The number of hydrogen-bond acceptors (Lipinski definition) is 2. The normalized spacial score (nSPS) is 17.9.